The average Bonchev–Trinajstić information content (AvgIpc) is 3.13. The van der Waals surface area contributed by atoms with E-state index in [1.54, 1.807) is 4.52 Å². The number of nitrogens with zero attached hydrogens (tertiary/aromatic N) is 3. The molecule has 30 heavy (non-hydrogen) atoms. The summed E-state index contributed by atoms with van der Waals surface area (Å²) in [6, 6.07) is 10.0. The van der Waals surface area contributed by atoms with Gasteiger partial charge in [-0.2, -0.15) is 5.10 Å². The van der Waals surface area contributed by atoms with Crippen molar-refractivity contribution in [3.8, 4) is 0 Å². The standard InChI is InChI=1S/C22H27F2N5S/c1-14(2)18-12-27-21-17(26-11-16-7-5-4-6-15(16)3)10-20(28-29(18)21)30-19-8-9-25-13-22(19,23)24/h4-7,10,12,14,19,25-26H,8-9,11,13H2,1-3H3. The van der Waals surface area contributed by atoms with Gasteiger partial charge in [-0.25, -0.2) is 18.3 Å². The van der Waals surface area contributed by atoms with Gasteiger partial charge in [0.1, 0.15) is 5.03 Å². The molecule has 160 valence electrons. The summed E-state index contributed by atoms with van der Waals surface area (Å²) in [6.07, 6.45) is 2.23. The van der Waals surface area contributed by atoms with Gasteiger partial charge in [-0.3, -0.25) is 0 Å². The second-order valence-electron chi connectivity index (χ2n) is 8.08. The van der Waals surface area contributed by atoms with Gasteiger partial charge in [-0.15, -0.1) is 0 Å². The summed E-state index contributed by atoms with van der Waals surface area (Å²) in [5.41, 5.74) is 4.87. The molecule has 0 aliphatic carbocycles. The van der Waals surface area contributed by atoms with Crippen molar-refractivity contribution in [1.29, 1.82) is 0 Å². The molecule has 2 aromatic heterocycles. The molecule has 8 heteroatoms. The lowest BCUT2D eigenvalue weighted by molar-refractivity contribution is -0.0141. The lowest BCUT2D eigenvalue weighted by Gasteiger charge is -2.31. The fourth-order valence-electron chi connectivity index (χ4n) is 3.65. The molecule has 1 aromatic carbocycles. The van der Waals surface area contributed by atoms with E-state index in [2.05, 4.69) is 53.6 Å². The van der Waals surface area contributed by atoms with Gasteiger partial charge in [0.05, 0.1) is 29.4 Å². The largest absolute Gasteiger partial charge is 0.378 e. The molecule has 2 N–H and O–H groups in total. The van der Waals surface area contributed by atoms with Crippen LogP contribution in [0.4, 0.5) is 14.5 Å². The SMILES string of the molecule is Cc1ccccc1CNc1cc(SC2CCNCC2(F)F)nn2c(C(C)C)cnc12. The number of piperidine rings is 1. The van der Waals surface area contributed by atoms with Crippen molar-refractivity contribution < 1.29 is 8.78 Å². The number of benzene rings is 1. The highest BCUT2D eigenvalue weighted by molar-refractivity contribution is 8.00. The Morgan fingerprint density at radius 2 is 2.13 bits per heavy atom. The van der Waals surface area contributed by atoms with E-state index in [9.17, 15) is 8.78 Å². The summed E-state index contributed by atoms with van der Waals surface area (Å²) in [6.45, 7) is 7.17. The minimum Gasteiger partial charge on any atom is -0.378 e. The van der Waals surface area contributed by atoms with Gasteiger partial charge in [-0.05, 0) is 43.0 Å². The van der Waals surface area contributed by atoms with Crippen LogP contribution in [0.15, 0.2) is 41.6 Å². The molecule has 0 spiro atoms. The number of thioether (sulfide) groups is 1. The third kappa shape index (κ3) is 4.30. The highest BCUT2D eigenvalue weighted by Gasteiger charge is 2.42. The highest BCUT2D eigenvalue weighted by atomic mass is 32.2. The van der Waals surface area contributed by atoms with E-state index in [0.717, 1.165) is 23.1 Å². The van der Waals surface area contributed by atoms with Crippen LogP contribution in [0, 0.1) is 6.92 Å². The predicted molar refractivity (Wildman–Crippen MR) is 118 cm³/mol. The van der Waals surface area contributed by atoms with E-state index in [1.807, 2.05) is 24.4 Å². The van der Waals surface area contributed by atoms with Gasteiger partial charge in [0.25, 0.3) is 5.92 Å². The Morgan fingerprint density at radius 3 is 2.87 bits per heavy atom. The summed E-state index contributed by atoms with van der Waals surface area (Å²) in [5, 5.41) is 10.7. The Hall–Kier alpha value is -2.19. The molecule has 1 atom stereocenters. The van der Waals surface area contributed by atoms with E-state index >= 15 is 0 Å². The smallest absolute Gasteiger partial charge is 0.272 e. The Balaban J connectivity index is 1.68. The first-order chi connectivity index (χ1) is 14.3. The van der Waals surface area contributed by atoms with E-state index in [0.29, 0.717) is 30.2 Å². The summed E-state index contributed by atoms with van der Waals surface area (Å²) in [4.78, 5) is 4.56. The van der Waals surface area contributed by atoms with E-state index in [-0.39, 0.29) is 12.5 Å². The van der Waals surface area contributed by atoms with E-state index in [1.165, 1.54) is 11.1 Å². The van der Waals surface area contributed by atoms with Gasteiger partial charge in [-0.1, -0.05) is 49.9 Å². The molecule has 4 rings (SSSR count). The number of halogens is 2. The Bertz CT molecular complexity index is 1030. The minimum atomic E-state index is -2.76. The van der Waals surface area contributed by atoms with Crippen LogP contribution >= 0.6 is 11.8 Å². The third-order valence-electron chi connectivity index (χ3n) is 5.47. The number of aromatic nitrogens is 3. The normalized spacial score (nSPS) is 18.8. The van der Waals surface area contributed by atoms with Gasteiger partial charge in [0.2, 0.25) is 0 Å². The van der Waals surface area contributed by atoms with E-state index in [4.69, 9.17) is 0 Å². The first-order valence-electron chi connectivity index (χ1n) is 10.3. The zero-order valence-electron chi connectivity index (χ0n) is 17.5. The van der Waals surface area contributed by atoms with Gasteiger partial charge < -0.3 is 10.6 Å². The van der Waals surface area contributed by atoms with Gasteiger partial charge in [0, 0.05) is 6.54 Å². The van der Waals surface area contributed by atoms with Crippen molar-refractivity contribution in [2.24, 2.45) is 0 Å². The average molecular weight is 432 g/mol. The molecular formula is C22H27F2N5S. The summed E-state index contributed by atoms with van der Waals surface area (Å²) >= 11 is 1.16. The quantitative estimate of drug-likeness (QED) is 0.584. The van der Waals surface area contributed by atoms with Crippen molar-refractivity contribution in [2.75, 3.05) is 18.4 Å². The molecule has 0 amide bonds. The van der Waals surface area contributed by atoms with Crippen LogP contribution in [-0.2, 0) is 6.54 Å². The zero-order valence-corrected chi connectivity index (χ0v) is 18.3. The molecule has 1 saturated heterocycles. The summed E-state index contributed by atoms with van der Waals surface area (Å²) in [5.74, 6) is -2.54. The fourth-order valence-corrected chi connectivity index (χ4v) is 4.75. The van der Waals surface area contributed by atoms with Crippen LogP contribution in [0.5, 0.6) is 0 Å². The number of hydrogen-bond acceptors (Lipinski definition) is 5. The zero-order chi connectivity index (χ0) is 21.3. The summed E-state index contributed by atoms with van der Waals surface area (Å²) < 4.78 is 30.6. The van der Waals surface area contributed by atoms with E-state index < -0.39 is 11.2 Å². The molecule has 1 aliphatic heterocycles. The first kappa shape index (κ1) is 21.1. The van der Waals surface area contributed by atoms with Crippen molar-refractivity contribution in [1.82, 2.24) is 19.9 Å². The Kier molecular flexibility index (Phi) is 5.97. The van der Waals surface area contributed by atoms with Crippen LogP contribution in [0.3, 0.4) is 0 Å². The second kappa shape index (κ2) is 8.51. The molecule has 5 nitrogen and oxygen atoms in total. The maximum Gasteiger partial charge on any atom is 0.272 e. The fraction of sp³-hybridized carbons (Fsp3) is 0.455. The first-order valence-corrected chi connectivity index (χ1v) is 11.2. The highest BCUT2D eigenvalue weighted by Crippen LogP contribution is 2.38. The van der Waals surface area contributed by atoms with Crippen molar-refractivity contribution in [3.05, 3.63) is 53.3 Å². The molecular weight excluding hydrogens is 404 g/mol. The number of rotatable bonds is 6. The van der Waals surface area contributed by atoms with Gasteiger partial charge in [0.15, 0.2) is 5.65 Å². The van der Waals surface area contributed by atoms with Crippen LogP contribution < -0.4 is 10.6 Å². The number of anilines is 1. The van der Waals surface area contributed by atoms with Crippen LogP contribution in [0.25, 0.3) is 5.65 Å². The molecule has 0 bridgehead atoms. The Morgan fingerprint density at radius 1 is 1.33 bits per heavy atom. The van der Waals surface area contributed by atoms with Crippen LogP contribution in [0.2, 0.25) is 0 Å². The maximum atomic E-state index is 14.4. The molecule has 1 aliphatic rings. The number of fused-ring (bicyclic) bond motifs is 1. The number of nitrogens with one attached hydrogen (secondary N) is 2. The monoisotopic (exact) mass is 431 g/mol. The topological polar surface area (TPSA) is 54.2 Å². The summed E-state index contributed by atoms with van der Waals surface area (Å²) in [7, 11) is 0. The Labute approximate surface area is 179 Å². The molecule has 3 heterocycles. The third-order valence-corrected chi connectivity index (χ3v) is 6.78. The number of aryl methyl sites for hydroxylation is 1. The minimum absolute atomic E-state index is 0.220. The van der Waals surface area contributed by atoms with Crippen molar-refractivity contribution >= 4 is 23.1 Å². The lowest BCUT2D eigenvalue weighted by atomic mass is 10.1. The second-order valence-corrected chi connectivity index (χ2v) is 9.31. The number of hydrogen-bond donors (Lipinski definition) is 2. The van der Waals surface area contributed by atoms with Crippen LogP contribution in [-0.4, -0.2) is 38.9 Å². The lowest BCUT2D eigenvalue weighted by Crippen LogP contribution is -2.47. The molecule has 0 radical (unpaired) electrons. The number of imidazole rings is 1. The number of alkyl halides is 2. The predicted octanol–water partition coefficient (Wildman–Crippen LogP) is 4.86. The van der Waals surface area contributed by atoms with Crippen LogP contribution in [0.1, 0.15) is 43.0 Å². The molecule has 1 fully saturated rings. The molecule has 1 unspecified atom stereocenters. The van der Waals surface area contributed by atoms with Crippen molar-refractivity contribution in [3.63, 3.8) is 0 Å². The molecule has 0 saturated carbocycles. The molecule has 3 aromatic rings. The van der Waals surface area contributed by atoms with Gasteiger partial charge >= 0.3 is 0 Å². The maximum absolute atomic E-state index is 14.4. The van der Waals surface area contributed by atoms with Crippen molar-refractivity contribution in [2.45, 2.75) is 55.9 Å².